The Morgan fingerprint density at radius 1 is 1.20 bits per heavy atom. The van der Waals surface area contributed by atoms with Crippen molar-refractivity contribution in [2.75, 3.05) is 22.1 Å². The Labute approximate surface area is 175 Å². The number of carbonyl (C=O) groups is 2. The molecule has 2 aliphatic rings. The van der Waals surface area contributed by atoms with Crippen LogP contribution in [0.2, 0.25) is 0 Å². The Morgan fingerprint density at radius 3 is 2.73 bits per heavy atom. The fraction of sp³-hybridized carbons (Fsp3) is 0.455. The molecule has 1 fully saturated rings. The molecule has 1 saturated heterocycles. The van der Waals surface area contributed by atoms with Gasteiger partial charge in [-0.3, -0.25) is 19.4 Å². The van der Waals surface area contributed by atoms with Crippen LogP contribution in [0.1, 0.15) is 55.2 Å². The third kappa shape index (κ3) is 3.81. The van der Waals surface area contributed by atoms with Crippen molar-refractivity contribution in [3.63, 3.8) is 0 Å². The molecule has 0 radical (unpaired) electrons. The number of aromatic nitrogens is 2. The lowest BCUT2D eigenvalue weighted by atomic mass is 9.92. The van der Waals surface area contributed by atoms with Crippen molar-refractivity contribution in [1.29, 1.82) is 0 Å². The van der Waals surface area contributed by atoms with E-state index >= 15 is 0 Å². The van der Waals surface area contributed by atoms with Crippen LogP contribution in [0.25, 0.3) is 0 Å². The van der Waals surface area contributed by atoms with Crippen LogP contribution in [0.15, 0.2) is 23.0 Å². The zero-order chi connectivity index (χ0) is 21.4. The molecule has 4 rings (SSSR count). The quantitative estimate of drug-likeness (QED) is 0.723. The molecule has 158 valence electrons. The van der Waals surface area contributed by atoms with Crippen molar-refractivity contribution >= 4 is 29.3 Å². The molecule has 8 nitrogen and oxygen atoms in total. The number of hydrogen-bond donors (Lipinski definition) is 3. The van der Waals surface area contributed by atoms with Crippen LogP contribution in [0.3, 0.4) is 0 Å². The summed E-state index contributed by atoms with van der Waals surface area (Å²) in [4.78, 5) is 47.6. The van der Waals surface area contributed by atoms with Gasteiger partial charge in [0.1, 0.15) is 5.82 Å². The van der Waals surface area contributed by atoms with E-state index in [-0.39, 0.29) is 41.2 Å². The highest BCUT2D eigenvalue weighted by atomic mass is 16.2. The van der Waals surface area contributed by atoms with E-state index in [9.17, 15) is 14.4 Å². The molecule has 2 atom stereocenters. The molecule has 0 saturated carbocycles. The van der Waals surface area contributed by atoms with Gasteiger partial charge in [0.05, 0.1) is 11.5 Å². The number of nitrogens with one attached hydrogen (secondary N) is 3. The standard InChI is InChI=1S/C22H27N5O3/c1-12-7-8-15(10-13(12)2)23-20(29)16-11-17(28)24-19-18(16)21(30)26-22(25-19)27-9-5-4-6-14(27)3/h7-8,10,14,16H,4-6,9,11H2,1-3H3,(H,23,29)(H2,24,25,26,28,30)/t14-,16-/m1/s1. The maximum absolute atomic E-state index is 13.0. The van der Waals surface area contributed by atoms with Gasteiger partial charge in [0, 0.05) is 24.7 Å². The first kappa shape index (κ1) is 20.1. The van der Waals surface area contributed by atoms with E-state index in [1.807, 2.05) is 32.0 Å². The average molecular weight is 409 g/mol. The summed E-state index contributed by atoms with van der Waals surface area (Å²) >= 11 is 0. The fourth-order valence-electron chi connectivity index (χ4n) is 4.18. The minimum atomic E-state index is -0.889. The summed E-state index contributed by atoms with van der Waals surface area (Å²) < 4.78 is 0. The summed E-state index contributed by atoms with van der Waals surface area (Å²) in [6.07, 6.45) is 3.10. The number of aromatic amines is 1. The molecule has 8 heteroatoms. The highest BCUT2D eigenvalue weighted by Gasteiger charge is 2.35. The highest BCUT2D eigenvalue weighted by molar-refractivity contribution is 6.04. The normalized spacial score (nSPS) is 21.0. The number of carbonyl (C=O) groups excluding carboxylic acids is 2. The van der Waals surface area contributed by atoms with Crippen LogP contribution in [0, 0.1) is 13.8 Å². The molecule has 1 aromatic heterocycles. The average Bonchev–Trinajstić information content (AvgIpc) is 2.70. The van der Waals surface area contributed by atoms with Gasteiger partial charge < -0.3 is 15.5 Å². The molecule has 2 aliphatic heterocycles. The number of benzene rings is 1. The molecular weight excluding hydrogens is 382 g/mol. The highest BCUT2D eigenvalue weighted by Crippen LogP contribution is 2.31. The van der Waals surface area contributed by atoms with Crippen LogP contribution in [0.5, 0.6) is 0 Å². The molecule has 1 aromatic carbocycles. The van der Waals surface area contributed by atoms with Gasteiger partial charge in [-0.15, -0.1) is 0 Å². The number of piperidine rings is 1. The Morgan fingerprint density at radius 2 is 2.00 bits per heavy atom. The summed E-state index contributed by atoms with van der Waals surface area (Å²) in [6, 6.07) is 5.86. The first-order chi connectivity index (χ1) is 14.3. The van der Waals surface area contributed by atoms with E-state index in [0.29, 0.717) is 11.6 Å². The molecule has 0 aliphatic carbocycles. The number of amides is 2. The summed E-state index contributed by atoms with van der Waals surface area (Å²) in [5, 5.41) is 5.53. The molecule has 0 unspecified atom stereocenters. The number of nitrogens with zero attached hydrogens (tertiary/aromatic N) is 2. The number of anilines is 3. The predicted octanol–water partition coefficient (Wildman–Crippen LogP) is 2.83. The minimum Gasteiger partial charge on any atom is -0.340 e. The molecule has 2 amide bonds. The summed E-state index contributed by atoms with van der Waals surface area (Å²) in [5.41, 5.74) is 2.64. The Balaban J connectivity index is 1.65. The molecule has 0 spiro atoms. The van der Waals surface area contributed by atoms with Gasteiger partial charge in [-0.05, 0) is 63.3 Å². The van der Waals surface area contributed by atoms with Gasteiger partial charge >= 0.3 is 0 Å². The summed E-state index contributed by atoms with van der Waals surface area (Å²) in [7, 11) is 0. The second kappa shape index (κ2) is 7.93. The van der Waals surface area contributed by atoms with Gasteiger partial charge in [-0.2, -0.15) is 4.98 Å². The van der Waals surface area contributed by atoms with Gasteiger partial charge in [-0.25, -0.2) is 0 Å². The van der Waals surface area contributed by atoms with E-state index in [0.717, 1.165) is 36.9 Å². The van der Waals surface area contributed by atoms with E-state index in [1.165, 1.54) is 0 Å². The van der Waals surface area contributed by atoms with E-state index in [1.54, 1.807) is 0 Å². The summed E-state index contributed by atoms with van der Waals surface area (Å²) in [6.45, 7) is 6.85. The second-order valence-corrected chi connectivity index (χ2v) is 8.28. The van der Waals surface area contributed by atoms with E-state index in [2.05, 4.69) is 32.4 Å². The maximum atomic E-state index is 13.0. The molecule has 0 bridgehead atoms. The van der Waals surface area contributed by atoms with E-state index < -0.39 is 5.92 Å². The lowest BCUT2D eigenvalue weighted by molar-refractivity contribution is -0.123. The third-order valence-electron chi connectivity index (χ3n) is 6.10. The minimum absolute atomic E-state index is 0.0894. The van der Waals surface area contributed by atoms with Crippen LogP contribution >= 0.6 is 0 Å². The SMILES string of the molecule is Cc1ccc(NC(=O)[C@@H]2CC(=O)Nc3nc(N4CCCC[C@H]4C)[nH]c(=O)c32)cc1C. The predicted molar refractivity (Wildman–Crippen MR) is 116 cm³/mol. The maximum Gasteiger partial charge on any atom is 0.258 e. The Kier molecular flexibility index (Phi) is 5.32. The monoisotopic (exact) mass is 409 g/mol. The van der Waals surface area contributed by atoms with Crippen molar-refractivity contribution in [1.82, 2.24) is 9.97 Å². The van der Waals surface area contributed by atoms with Crippen molar-refractivity contribution < 1.29 is 9.59 Å². The second-order valence-electron chi connectivity index (χ2n) is 8.28. The van der Waals surface area contributed by atoms with Crippen molar-refractivity contribution in [2.24, 2.45) is 0 Å². The lowest BCUT2D eigenvalue weighted by Gasteiger charge is -2.34. The zero-order valence-electron chi connectivity index (χ0n) is 17.5. The molecular formula is C22H27N5O3. The van der Waals surface area contributed by atoms with Gasteiger partial charge in [0.15, 0.2) is 0 Å². The number of H-pyrrole nitrogens is 1. The smallest absolute Gasteiger partial charge is 0.258 e. The van der Waals surface area contributed by atoms with Gasteiger partial charge in [-0.1, -0.05) is 6.07 Å². The number of aryl methyl sites for hydroxylation is 2. The van der Waals surface area contributed by atoms with Crippen LogP contribution < -0.4 is 21.1 Å². The van der Waals surface area contributed by atoms with Crippen LogP contribution in [-0.2, 0) is 9.59 Å². The number of fused-ring (bicyclic) bond motifs is 1. The summed E-state index contributed by atoms with van der Waals surface area (Å²) in [5.74, 6) is -0.969. The Hall–Kier alpha value is -3.16. The number of hydrogen-bond acceptors (Lipinski definition) is 5. The van der Waals surface area contributed by atoms with Crippen molar-refractivity contribution in [2.45, 2.75) is 58.4 Å². The first-order valence-corrected chi connectivity index (χ1v) is 10.4. The van der Waals surface area contributed by atoms with Gasteiger partial charge in [0.25, 0.3) is 5.56 Å². The zero-order valence-corrected chi connectivity index (χ0v) is 17.5. The Bertz CT molecular complexity index is 1060. The molecule has 3 heterocycles. The molecule has 3 N–H and O–H groups in total. The molecule has 2 aromatic rings. The van der Waals surface area contributed by atoms with E-state index in [4.69, 9.17) is 0 Å². The van der Waals surface area contributed by atoms with Crippen LogP contribution in [-0.4, -0.2) is 34.4 Å². The molecule has 30 heavy (non-hydrogen) atoms. The first-order valence-electron chi connectivity index (χ1n) is 10.4. The topological polar surface area (TPSA) is 107 Å². The fourth-order valence-corrected chi connectivity index (χ4v) is 4.18. The van der Waals surface area contributed by atoms with Crippen molar-refractivity contribution in [3.05, 3.63) is 45.2 Å². The largest absolute Gasteiger partial charge is 0.340 e. The third-order valence-corrected chi connectivity index (χ3v) is 6.10. The van der Waals surface area contributed by atoms with Gasteiger partial charge in [0.2, 0.25) is 17.8 Å². The van der Waals surface area contributed by atoms with Crippen molar-refractivity contribution in [3.8, 4) is 0 Å². The van der Waals surface area contributed by atoms with Crippen LogP contribution in [0.4, 0.5) is 17.5 Å². The lowest BCUT2D eigenvalue weighted by Crippen LogP contribution is -2.42. The number of rotatable bonds is 3.